The lowest BCUT2D eigenvalue weighted by Gasteiger charge is -2.25. The van der Waals surface area contributed by atoms with Crippen molar-refractivity contribution in [1.29, 1.82) is 0 Å². The molecule has 4 rings (SSSR count). The second-order valence-electron chi connectivity index (χ2n) is 7.17. The highest BCUT2D eigenvalue weighted by atomic mass is 16.5. The molecular weight excluding hydrogens is 306 g/mol. The lowest BCUT2D eigenvalue weighted by atomic mass is 10.1. The summed E-state index contributed by atoms with van der Waals surface area (Å²) in [6.45, 7) is 4.43. The van der Waals surface area contributed by atoms with Crippen molar-refractivity contribution in [1.82, 2.24) is 9.88 Å². The number of hydrogen-bond acceptors (Lipinski definition) is 5. The molecule has 1 aromatic heterocycles. The average Bonchev–Trinajstić information content (AvgIpc) is 3.30. The van der Waals surface area contributed by atoms with Crippen LogP contribution < -0.4 is 5.32 Å². The Kier molecular flexibility index (Phi) is 4.41. The summed E-state index contributed by atoms with van der Waals surface area (Å²) in [6.07, 6.45) is 5.31. The maximum Gasteiger partial charge on any atom is 0.339 e. The summed E-state index contributed by atoms with van der Waals surface area (Å²) in [5.74, 6) is 0.338. The Morgan fingerprint density at radius 1 is 1.33 bits per heavy atom. The van der Waals surface area contributed by atoms with Crippen molar-refractivity contribution >= 4 is 11.8 Å². The number of anilines is 1. The molecule has 0 spiro atoms. The van der Waals surface area contributed by atoms with Crippen LogP contribution in [0, 0.1) is 5.92 Å². The summed E-state index contributed by atoms with van der Waals surface area (Å²) < 4.78 is 5.51. The first-order valence-corrected chi connectivity index (χ1v) is 9.02. The zero-order valence-corrected chi connectivity index (χ0v) is 14.0. The van der Waals surface area contributed by atoms with E-state index in [0.29, 0.717) is 23.3 Å². The fraction of sp³-hybridized carbons (Fsp3) is 0.667. The van der Waals surface area contributed by atoms with Crippen LogP contribution in [-0.4, -0.2) is 59.8 Å². The molecule has 0 aromatic carbocycles. The number of aromatic nitrogens is 1. The van der Waals surface area contributed by atoms with Crippen LogP contribution in [0.1, 0.15) is 40.9 Å². The average molecular weight is 331 g/mol. The van der Waals surface area contributed by atoms with Gasteiger partial charge in [-0.25, -0.2) is 9.78 Å². The van der Waals surface area contributed by atoms with Gasteiger partial charge in [0.25, 0.3) is 0 Å². The van der Waals surface area contributed by atoms with Gasteiger partial charge in [0.15, 0.2) is 0 Å². The maximum absolute atomic E-state index is 11.6. The lowest BCUT2D eigenvalue weighted by Crippen LogP contribution is -2.37. The first-order valence-electron chi connectivity index (χ1n) is 9.02. The van der Waals surface area contributed by atoms with Crippen LogP contribution in [0.25, 0.3) is 0 Å². The highest BCUT2D eigenvalue weighted by molar-refractivity contribution is 5.93. The second kappa shape index (κ2) is 6.69. The molecule has 2 fully saturated rings. The molecule has 1 atom stereocenters. The van der Waals surface area contributed by atoms with Gasteiger partial charge in [0.1, 0.15) is 11.4 Å². The van der Waals surface area contributed by atoms with Gasteiger partial charge in [-0.05, 0) is 43.2 Å². The third kappa shape index (κ3) is 3.39. The van der Waals surface area contributed by atoms with Crippen molar-refractivity contribution < 1.29 is 14.6 Å². The summed E-state index contributed by atoms with van der Waals surface area (Å²) in [5.41, 5.74) is 2.46. The van der Waals surface area contributed by atoms with Crippen LogP contribution in [-0.2, 0) is 17.6 Å². The zero-order chi connectivity index (χ0) is 16.5. The Morgan fingerprint density at radius 3 is 2.88 bits per heavy atom. The van der Waals surface area contributed by atoms with Crippen LogP contribution in [0.5, 0.6) is 0 Å². The first kappa shape index (κ1) is 15.8. The van der Waals surface area contributed by atoms with Crippen LogP contribution in [0.4, 0.5) is 5.82 Å². The van der Waals surface area contributed by atoms with Gasteiger partial charge >= 0.3 is 5.97 Å². The van der Waals surface area contributed by atoms with Crippen LogP contribution >= 0.6 is 0 Å². The third-order valence-corrected chi connectivity index (χ3v) is 5.40. The number of pyridine rings is 1. The standard InChI is InChI=1S/C18H25N3O3/c22-18(23)15-9-13-3-6-21(14-5-8-24-11-14)7-4-16(13)20-17(15)19-10-12-1-2-12/h9,12,14H,1-8,10-11H2,(H,19,20)(H,22,23)/t14-/m0/s1. The van der Waals surface area contributed by atoms with E-state index in [1.807, 2.05) is 6.07 Å². The Bertz CT molecular complexity index is 624. The molecule has 0 unspecified atom stereocenters. The number of nitrogens with zero attached hydrogens (tertiary/aromatic N) is 2. The minimum atomic E-state index is -0.895. The number of rotatable bonds is 5. The number of fused-ring (bicyclic) bond motifs is 1. The molecule has 0 amide bonds. The van der Waals surface area contributed by atoms with Crippen LogP contribution in [0.3, 0.4) is 0 Å². The molecule has 0 bridgehead atoms. The van der Waals surface area contributed by atoms with E-state index in [1.54, 1.807) is 0 Å². The van der Waals surface area contributed by atoms with Crippen LogP contribution in [0.2, 0.25) is 0 Å². The fourth-order valence-corrected chi connectivity index (χ4v) is 3.69. The zero-order valence-electron chi connectivity index (χ0n) is 14.0. The number of hydrogen-bond donors (Lipinski definition) is 2. The van der Waals surface area contributed by atoms with E-state index in [0.717, 1.165) is 63.4 Å². The minimum Gasteiger partial charge on any atom is -0.478 e. The molecule has 6 nitrogen and oxygen atoms in total. The van der Waals surface area contributed by atoms with E-state index in [1.165, 1.54) is 12.8 Å². The maximum atomic E-state index is 11.6. The number of ether oxygens (including phenoxy) is 1. The highest BCUT2D eigenvalue weighted by Gasteiger charge is 2.27. The topological polar surface area (TPSA) is 74.7 Å². The summed E-state index contributed by atoms with van der Waals surface area (Å²) in [7, 11) is 0. The van der Waals surface area contributed by atoms with E-state index < -0.39 is 5.97 Å². The lowest BCUT2D eigenvalue weighted by molar-refractivity contribution is 0.0697. The number of aromatic carboxylic acids is 1. The van der Waals surface area contributed by atoms with E-state index in [2.05, 4.69) is 10.2 Å². The van der Waals surface area contributed by atoms with Gasteiger partial charge in [0, 0.05) is 44.4 Å². The molecular formula is C18H25N3O3. The highest BCUT2D eigenvalue weighted by Crippen LogP contribution is 2.30. The van der Waals surface area contributed by atoms with E-state index in [4.69, 9.17) is 9.72 Å². The predicted octanol–water partition coefficient (Wildman–Crippen LogP) is 1.79. The van der Waals surface area contributed by atoms with Crippen LogP contribution in [0.15, 0.2) is 6.07 Å². The third-order valence-electron chi connectivity index (χ3n) is 5.40. The number of carboxylic acids is 1. The van der Waals surface area contributed by atoms with Gasteiger partial charge in [-0.2, -0.15) is 0 Å². The molecule has 1 saturated carbocycles. The summed E-state index contributed by atoms with van der Waals surface area (Å²) in [4.78, 5) is 18.8. The second-order valence-corrected chi connectivity index (χ2v) is 7.17. The Hall–Kier alpha value is -1.66. The molecule has 1 aliphatic carbocycles. The Labute approximate surface area is 142 Å². The number of carbonyl (C=O) groups is 1. The van der Waals surface area contributed by atoms with E-state index in [9.17, 15) is 9.90 Å². The summed E-state index contributed by atoms with van der Waals surface area (Å²) in [6, 6.07) is 2.35. The molecule has 1 saturated heterocycles. The molecule has 1 aromatic rings. The SMILES string of the molecule is O=C(O)c1cc2c(nc1NCC1CC1)CCN([C@H]1CCOC1)CC2. The van der Waals surface area contributed by atoms with Gasteiger partial charge in [0.05, 0.1) is 6.61 Å². The van der Waals surface area contributed by atoms with Gasteiger partial charge in [0.2, 0.25) is 0 Å². The molecule has 0 radical (unpaired) electrons. The molecule has 2 N–H and O–H groups in total. The molecule has 130 valence electrons. The first-order chi connectivity index (χ1) is 11.7. The van der Waals surface area contributed by atoms with E-state index in [-0.39, 0.29) is 0 Å². The van der Waals surface area contributed by atoms with Crippen molar-refractivity contribution in [2.24, 2.45) is 5.92 Å². The van der Waals surface area contributed by atoms with Crippen molar-refractivity contribution in [2.75, 3.05) is 38.2 Å². The molecule has 24 heavy (non-hydrogen) atoms. The number of nitrogens with one attached hydrogen (secondary N) is 1. The van der Waals surface area contributed by atoms with Crippen molar-refractivity contribution in [3.05, 3.63) is 22.9 Å². The number of carboxylic acid groups (broad SMARTS) is 1. The molecule has 6 heteroatoms. The Morgan fingerprint density at radius 2 is 2.17 bits per heavy atom. The normalized spacial score (nSPS) is 24.4. The van der Waals surface area contributed by atoms with Crippen molar-refractivity contribution in [3.8, 4) is 0 Å². The van der Waals surface area contributed by atoms with Gasteiger partial charge in [-0.3, -0.25) is 4.90 Å². The van der Waals surface area contributed by atoms with Gasteiger partial charge in [-0.1, -0.05) is 0 Å². The molecule has 3 aliphatic rings. The monoisotopic (exact) mass is 331 g/mol. The minimum absolute atomic E-state index is 0.312. The molecule has 2 aliphatic heterocycles. The van der Waals surface area contributed by atoms with Crippen molar-refractivity contribution in [2.45, 2.75) is 38.1 Å². The van der Waals surface area contributed by atoms with E-state index >= 15 is 0 Å². The fourth-order valence-electron chi connectivity index (χ4n) is 3.69. The molecule has 3 heterocycles. The smallest absolute Gasteiger partial charge is 0.339 e. The Balaban J connectivity index is 1.53. The van der Waals surface area contributed by atoms with Gasteiger partial charge in [-0.15, -0.1) is 0 Å². The van der Waals surface area contributed by atoms with Crippen molar-refractivity contribution in [3.63, 3.8) is 0 Å². The summed E-state index contributed by atoms with van der Waals surface area (Å²) in [5, 5.41) is 12.8. The van der Waals surface area contributed by atoms with Gasteiger partial charge < -0.3 is 15.2 Å². The quantitative estimate of drug-likeness (QED) is 0.857. The summed E-state index contributed by atoms with van der Waals surface area (Å²) >= 11 is 0. The predicted molar refractivity (Wildman–Crippen MR) is 90.6 cm³/mol. The largest absolute Gasteiger partial charge is 0.478 e.